The van der Waals surface area contributed by atoms with Crippen LogP contribution in [0.15, 0.2) is 41.1 Å². The first-order chi connectivity index (χ1) is 12.6. The van der Waals surface area contributed by atoms with Crippen LogP contribution in [0.4, 0.5) is 0 Å². The molecule has 5 heteroatoms. The molecular weight excluding hydrogens is 326 g/mol. The molecular formula is C21H25N3O2. The second kappa shape index (κ2) is 6.98. The van der Waals surface area contributed by atoms with E-state index < -0.39 is 0 Å². The number of carbonyl (C=O) groups excluding carboxylic acids is 1. The van der Waals surface area contributed by atoms with Crippen LogP contribution < -0.4 is 5.32 Å². The summed E-state index contributed by atoms with van der Waals surface area (Å²) in [7, 11) is 0. The zero-order valence-electron chi connectivity index (χ0n) is 15.4. The molecule has 3 heterocycles. The topological polar surface area (TPSA) is 59.5 Å². The van der Waals surface area contributed by atoms with E-state index in [9.17, 15) is 4.79 Å². The van der Waals surface area contributed by atoms with E-state index in [4.69, 9.17) is 4.42 Å². The molecule has 1 saturated carbocycles. The highest BCUT2D eigenvalue weighted by Gasteiger charge is 2.24. The smallest absolute Gasteiger partial charge is 0.255 e. The third-order valence-electron chi connectivity index (χ3n) is 5.53. The molecule has 0 aliphatic heterocycles. The fourth-order valence-electron chi connectivity index (χ4n) is 4.08. The normalized spacial score (nSPS) is 20.4. The summed E-state index contributed by atoms with van der Waals surface area (Å²) in [5, 5.41) is 3.12. The molecule has 3 aromatic rings. The first-order valence-electron chi connectivity index (χ1n) is 9.38. The maximum Gasteiger partial charge on any atom is 0.255 e. The van der Waals surface area contributed by atoms with E-state index in [0.29, 0.717) is 17.4 Å². The van der Waals surface area contributed by atoms with Crippen LogP contribution in [0.2, 0.25) is 0 Å². The standard InChI is InChI=1S/C21H25N3O2/c1-14-12-15(2)24-10-9-18(20(24)23-14)21(25)22-13-16-5-7-17(8-6-16)19-4-3-11-26-19/h3-4,9-12,16-17H,5-8,13H2,1-2H3,(H,22,25). The number of rotatable bonds is 4. The van der Waals surface area contributed by atoms with Gasteiger partial charge in [0.1, 0.15) is 11.4 Å². The average molecular weight is 351 g/mol. The van der Waals surface area contributed by atoms with Gasteiger partial charge in [-0.25, -0.2) is 4.98 Å². The summed E-state index contributed by atoms with van der Waals surface area (Å²) in [6.45, 7) is 4.71. The van der Waals surface area contributed by atoms with Gasteiger partial charge in [0.15, 0.2) is 0 Å². The van der Waals surface area contributed by atoms with E-state index in [-0.39, 0.29) is 5.91 Å². The van der Waals surface area contributed by atoms with E-state index in [1.807, 2.05) is 42.6 Å². The van der Waals surface area contributed by atoms with Gasteiger partial charge < -0.3 is 14.1 Å². The fraction of sp³-hybridized carbons (Fsp3) is 0.429. The van der Waals surface area contributed by atoms with Crippen LogP contribution in [0.3, 0.4) is 0 Å². The number of hydrogen-bond acceptors (Lipinski definition) is 3. The zero-order valence-corrected chi connectivity index (χ0v) is 15.4. The zero-order chi connectivity index (χ0) is 18.1. The Bertz CT molecular complexity index is 903. The summed E-state index contributed by atoms with van der Waals surface area (Å²) < 4.78 is 7.51. The number of aryl methyl sites for hydroxylation is 2. The van der Waals surface area contributed by atoms with Gasteiger partial charge >= 0.3 is 0 Å². The Hall–Kier alpha value is -2.56. The van der Waals surface area contributed by atoms with Crippen molar-refractivity contribution in [2.45, 2.75) is 45.4 Å². The van der Waals surface area contributed by atoms with Crippen LogP contribution in [-0.4, -0.2) is 21.8 Å². The van der Waals surface area contributed by atoms with Crippen LogP contribution in [0, 0.1) is 19.8 Å². The molecule has 5 nitrogen and oxygen atoms in total. The van der Waals surface area contributed by atoms with Crippen molar-refractivity contribution < 1.29 is 9.21 Å². The predicted molar refractivity (Wildman–Crippen MR) is 100 cm³/mol. The highest BCUT2D eigenvalue weighted by Crippen LogP contribution is 2.35. The van der Waals surface area contributed by atoms with Gasteiger partial charge in [0, 0.05) is 30.0 Å². The molecule has 1 fully saturated rings. The van der Waals surface area contributed by atoms with Gasteiger partial charge in [-0.15, -0.1) is 0 Å². The Morgan fingerprint density at radius 1 is 1.27 bits per heavy atom. The van der Waals surface area contributed by atoms with E-state index in [0.717, 1.165) is 55.0 Å². The van der Waals surface area contributed by atoms with Crippen LogP contribution in [0.5, 0.6) is 0 Å². The van der Waals surface area contributed by atoms with Crippen molar-refractivity contribution in [3.63, 3.8) is 0 Å². The Labute approximate surface area is 153 Å². The number of carbonyl (C=O) groups is 1. The molecule has 0 saturated heterocycles. The molecule has 0 aromatic carbocycles. The Morgan fingerprint density at radius 2 is 2.08 bits per heavy atom. The largest absolute Gasteiger partial charge is 0.469 e. The lowest BCUT2D eigenvalue weighted by molar-refractivity contribution is 0.0944. The van der Waals surface area contributed by atoms with Gasteiger partial charge in [-0.1, -0.05) is 0 Å². The van der Waals surface area contributed by atoms with Crippen LogP contribution in [-0.2, 0) is 0 Å². The molecule has 0 spiro atoms. The minimum atomic E-state index is -0.0295. The molecule has 1 N–H and O–H groups in total. The number of amides is 1. The van der Waals surface area contributed by atoms with Gasteiger partial charge in [0.2, 0.25) is 0 Å². The Morgan fingerprint density at radius 3 is 2.81 bits per heavy atom. The monoisotopic (exact) mass is 351 g/mol. The highest BCUT2D eigenvalue weighted by molar-refractivity contribution is 6.00. The van der Waals surface area contributed by atoms with Crippen LogP contribution >= 0.6 is 0 Å². The number of nitrogens with one attached hydrogen (secondary N) is 1. The molecule has 0 atom stereocenters. The average Bonchev–Trinajstić information content (AvgIpc) is 3.30. The molecule has 0 unspecified atom stereocenters. The van der Waals surface area contributed by atoms with Crippen molar-refractivity contribution in [3.05, 3.63) is 59.4 Å². The molecule has 1 amide bonds. The molecule has 0 bridgehead atoms. The van der Waals surface area contributed by atoms with E-state index in [2.05, 4.69) is 16.4 Å². The van der Waals surface area contributed by atoms with E-state index in [1.165, 1.54) is 0 Å². The maximum absolute atomic E-state index is 12.7. The molecule has 26 heavy (non-hydrogen) atoms. The van der Waals surface area contributed by atoms with Crippen molar-refractivity contribution in [2.24, 2.45) is 5.92 Å². The van der Waals surface area contributed by atoms with Gasteiger partial charge in [-0.2, -0.15) is 0 Å². The molecule has 3 aromatic heterocycles. The maximum atomic E-state index is 12.7. The molecule has 1 aliphatic carbocycles. The van der Waals surface area contributed by atoms with Crippen molar-refractivity contribution in [1.29, 1.82) is 0 Å². The van der Waals surface area contributed by atoms with Crippen LogP contribution in [0.1, 0.15) is 59.1 Å². The van der Waals surface area contributed by atoms with E-state index in [1.54, 1.807) is 6.26 Å². The van der Waals surface area contributed by atoms with Crippen LogP contribution in [0.25, 0.3) is 5.65 Å². The van der Waals surface area contributed by atoms with Gasteiger partial charge in [-0.3, -0.25) is 4.79 Å². The molecule has 0 radical (unpaired) electrons. The molecule has 4 rings (SSSR count). The first-order valence-corrected chi connectivity index (χ1v) is 9.38. The molecule has 1 aliphatic rings. The predicted octanol–water partition coefficient (Wildman–Crippen LogP) is 4.25. The quantitative estimate of drug-likeness (QED) is 0.764. The highest BCUT2D eigenvalue weighted by atomic mass is 16.3. The lowest BCUT2D eigenvalue weighted by Gasteiger charge is -2.27. The van der Waals surface area contributed by atoms with Crippen molar-refractivity contribution in [2.75, 3.05) is 6.54 Å². The summed E-state index contributed by atoms with van der Waals surface area (Å²) in [4.78, 5) is 17.2. The van der Waals surface area contributed by atoms with Gasteiger partial charge in [-0.05, 0) is 69.7 Å². The summed E-state index contributed by atoms with van der Waals surface area (Å²) in [5.74, 6) is 2.14. The minimum absolute atomic E-state index is 0.0295. The summed E-state index contributed by atoms with van der Waals surface area (Å²) >= 11 is 0. The van der Waals surface area contributed by atoms with E-state index >= 15 is 0 Å². The lowest BCUT2D eigenvalue weighted by Crippen LogP contribution is -2.31. The SMILES string of the molecule is Cc1cc(C)n2ccc(C(=O)NCC3CCC(c4ccco4)CC3)c2n1. The fourth-order valence-corrected chi connectivity index (χ4v) is 4.08. The third-order valence-corrected chi connectivity index (χ3v) is 5.53. The molecule has 136 valence electrons. The van der Waals surface area contributed by atoms with Crippen molar-refractivity contribution in [1.82, 2.24) is 14.7 Å². The first kappa shape index (κ1) is 16.9. The third kappa shape index (κ3) is 3.26. The Balaban J connectivity index is 1.36. The second-order valence-electron chi connectivity index (χ2n) is 7.41. The number of hydrogen-bond donors (Lipinski definition) is 1. The van der Waals surface area contributed by atoms with Crippen molar-refractivity contribution >= 4 is 11.6 Å². The Kier molecular flexibility index (Phi) is 4.53. The number of nitrogens with zero attached hydrogens (tertiary/aromatic N) is 2. The van der Waals surface area contributed by atoms with Gasteiger partial charge in [0.05, 0.1) is 11.8 Å². The number of fused-ring (bicyclic) bond motifs is 1. The number of aromatic nitrogens is 2. The second-order valence-corrected chi connectivity index (χ2v) is 7.41. The van der Waals surface area contributed by atoms with Gasteiger partial charge in [0.25, 0.3) is 5.91 Å². The number of furan rings is 1. The van der Waals surface area contributed by atoms with Crippen molar-refractivity contribution in [3.8, 4) is 0 Å². The summed E-state index contributed by atoms with van der Waals surface area (Å²) in [6.07, 6.45) is 8.17. The minimum Gasteiger partial charge on any atom is -0.469 e. The lowest BCUT2D eigenvalue weighted by atomic mass is 9.81. The summed E-state index contributed by atoms with van der Waals surface area (Å²) in [5.41, 5.74) is 3.41. The summed E-state index contributed by atoms with van der Waals surface area (Å²) in [6, 6.07) is 7.91.